The minimum atomic E-state index is -0.889. The summed E-state index contributed by atoms with van der Waals surface area (Å²) in [6.45, 7) is 0. The molecule has 1 atom stereocenters. The van der Waals surface area contributed by atoms with Crippen molar-refractivity contribution in [2.24, 2.45) is 5.73 Å². The summed E-state index contributed by atoms with van der Waals surface area (Å²) in [5.41, 5.74) is 9.16. The summed E-state index contributed by atoms with van der Waals surface area (Å²) in [7, 11) is 0. The quantitative estimate of drug-likeness (QED) is 0.706. The lowest BCUT2D eigenvalue weighted by Crippen LogP contribution is -2.16. The van der Waals surface area contributed by atoms with E-state index in [1.165, 1.54) is 16.9 Å². The van der Waals surface area contributed by atoms with Gasteiger partial charge in [0.1, 0.15) is 4.88 Å². The average molecular weight is 234 g/mol. The summed E-state index contributed by atoms with van der Waals surface area (Å²) in [6, 6.07) is 3.59. The largest absolute Gasteiger partial charge is 0.477 e. The molecular formula is C11H10N2O2S. The smallest absolute Gasteiger partial charge is 0.345 e. The van der Waals surface area contributed by atoms with Crippen molar-refractivity contribution in [2.45, 2.75) is 12.5 Å². The van der Waals surface area contributed by atoms with Gasteiger partial charge in [-0.25, -0.2) is 4.79 Å². The minimum Gasteiger partial charge on any atom is -0.477 e. The Labute approximate surface area is 95.7 Å². The van der Waals surface area contributed by atoms with E-state index in [0.29, 0.717) is 4.88 Å². The molecule has 1 aliphatic carbocycles. The van der Waals surface area contributed by atoms with Crippen LogP contribution in [0.2, 0.25) is 0 Å². The van der Waals surface area contributed by atoms with Crippen LogP contribution in [0, 0.1) is 0 Å². The number of H-pyrrole nitrogens is 1. The van der Waals surface area contributed by atoms with E-state index < -0.39 is 5.97 Å². The lowest BCUT2D eigenvalue weighted by atomic mass is 9.93. The highest BCUT2D eigenvalue weighted by Crippen LogP contribution is 2.42. The number of aromatic nitrogens is 1. The number of carbonyl (C=O) groups is 1. The molecule has 2 heterocycles. The second-order valence-electron chi connectivity index (χ2n) is 3.89. The number of nitrogens with two attached hydrogens (primary N) is 1. The van der Waals surface area contributed by atoms with E-state index >= 15 is 0 Å². The number of nitrogens with one attached hydrogen (secondary N) is 1. The minimum absolute atomic E-state index is 0.0948. The van der Waals surface area contributed by atoms with Crippen molar-refractivity contribution in [2.75, 3.05) is 0 Å². The summed E-state index contributed by atoms with van der Waals surface area (Å²) in [6.07, 6.45) is 2.63. The molecule has 0 aromatic carbocycles. The van der Waals surface area contributed by atoms with E-state index in [1.54, 1.807) is 6.07 Å². The Kier molecular flexibility index (Phi) is 1.92. The fourth-order valence-electron chi connectivity index (χ4n) is 2.11. The van der Waals surface area contributed by atoms with Crippen molar-refractivity contribution < 1.29 is 9.90 Å². The molecule has 1 unspecified atom stereocenters. The normalized spacial score (nSPS) is 17.9. The molecule has 1 aliphatic rings. The Morgan fingerprint density at radius 3 is 3.19 bits per heavy atom. The first-order valence-corrected chi connectivity index (χ1v) is 5.77. The summed E-state index contributed by atoms with van der Waals surface area (Å²) in [4.78, 5) is 15.4. The van der Waals surface area contributed by atoms with Gasteiger partial charge < -0.3 is 15.8 Å². The van der Waals surface area contributed by atoms with E-state index in [0.717, 1.165) is 22.6 Å². The molecule has 0 saturated carbocycles. The van der Waals surface area contributed by atoms with Crippen molar-refractivity contribution in [3.8, 4) is 10.6 Å². The van der Waals surface area contributed by atoms with Gasteiger partial charge in [0.25, 0.3) is 0 Å². The standard InChI is InChI=1S/C11H10N2O2S/c12-7-3-5-1-2-13-9(5)10-6(7)4-8(16-10)11(14)15/h1-2,4,7,13H,3,12H2,(H,14,15). The van der Waals surface area contributed by atoms with Crippen molar-refractivity contribution in [3.63, 3.8) is 0 Å². The van der Waals surface area contributed by atoms with Crippen LogP contribution in [-0.4, -0.2) is 16.1 Å². The van der Waals surface area contributed by atoms with Crippen LogP contribution in [0.25, 0.3) is 10.6 Å². The molecular weight excluding hydrogens is 224 g/mol. The molecule has 5 heteroatoms. The van der Waals surface area contributed by atoms with Gasteiger partial charge in [0.15, 0.2) is 0 Å². The Balaban J connectivity index is 2.23. The number of hydrogen-bond donors (Lipinski definition) is 3. The van der Waals surface area contributed by atoms with Gasteiger partial charge >= 0.3 is 5.97 Å². The number of hydrogen-bond acceptors (Lipinski definition) is 3. The molecule has 0 radical (unpaired) electrons. The fourth-order valence-corrected chi connectivity index (χ4v) is 3.22. The van der Waals surface area contributed by atoms with Gasteiger partial charge in [0, 0.05) is 12.2 Å². The van der Waals surface area contributed by atoms with Gasteiger partial charge in [-0.2, -0.15) is 0 Å². The summed E-state index contributed by atoms with van der Waals surface area (Å²) < 4.78 is 0. The molecule has 0 amide bonds. The maximum absolute atomic E-state index is 10.9. The third-order valence-corrected chi connectivity index (χ3v) is 4.03. The van der Waals surface area contributed by atoms with Gasteiger partial charge in [-0.1, -0.05) is 0 Å². The molecule has 0 aliphatic heterocycles. The Bertz CT molecular complexity index is 570. The molecule has 2 aromatic rings. The molecule has 4 N–H and O–H groups in total. The summed E-state index contributed by atoms with van der Waals surface area (Å²) in [5, 5.41) is 8.98. The molecule has 0 fully saturated rings. The lowest BCUT2D eigenvalue weighted by molar-refractivity contribution is 0.0702. The molecule has 0 spiro atoms. The maximum Gasteiger partial charge on any atom is 0.345 e. The van der Waals surface area contributed by atoms with E-state index in [9.17, 15) is 4.79 Å². The van der Waals surface area contributed by atoms with Crippen LogP contribution in [0.3, 0.4) is 0 Å². The van der Waals surface area contributed by atoms with Crippen molar-refractivity contribution in [1.29, 1.82) is 0 Å². The zero-order valence-corrected chi connectivity index (χ0v) is 9.17. The van der Waals surface area contributed by atoms with Gasteiger partial charge in [0.05, 0.1) is 10.6 Å². The molecule has 4 nitrogen and oxygen atoms in total. The van der Waals surface area contributed by atoms with Crippen LogP contribution in [0.15, 0.2) is 18.3 Å². The second-order valence-corrected chi connectivity index (χ2v) is 4.94. The predicted octanol–water partition coefficient (Wildman–Crippen LogP) is 2.00. The van der Waals surface area contributed by atoms with Gasteiger partial charge in [-0.15, -0.1) is 11.3 Å². The number of carboxylic acid groups (broad SMARTS) is 1. The zero-order chi connectivity index (χ0) is 11.3. The van der Waals surface area contributed by atoms with Crippen LogP contribution in [0.5, 0.6) is 0 Å². The zero-order valence-electron chi connectivity index (χ0n) is 8.36. The predicted molar refractivity (Wildman–Crippen MR) is 61.7 cm³/mol. The molecule has 82 valence electrons. The second kappa shape index (κ2) is 3.20. The van der Waals surface area contributed by atoms with E-state index in [2.05, 4.69) is 4.98 Å². The van der Waals surface area contributed by atoms with Gasteiger partial charge in [-0.3, -0.25) is 0 Å². The van der Waals surface area contributed by atoms with Crippen molar-refractivity contribution in [1.82, 2.24) is 4.98 Å². The topological polar surface area (TPSA) is 79.1 Å². The number of fused-ring (bicyclic) bond motifs is 3. The third kappa shape index (κ3) is 1.22. The summed E-state index contributed by atoms with van der Waals surface area (Å²) in [5.74, 6) is -0.889. The Hall–Kier alpha value is -1.59. The van der Waals surface area contributed by atoms with Crippen molar-refractivity contribution >= 4 is 17.3 Å². The molecule has 3 rings (SSSR count). The number of aromatic amines is 1. The van der Waals surface area contributed by atoms with Crippen molar-refractivity contribution in [3.05, 3.63) is 34.3 Å². The number of rotatable bonds is 1. The first kappa shape index (κ1) is 9.62. The molecule has 2 aromatic heterocycles. The van der Waals surface area contributed by atoms with Gasteiger partial charge in [0.2, 0.25) is 0 Å². The first-order chi connectivity index (χ1) is 7.66. The van der Waals surface area contributed by atoms with Crippen LogP contribution in [0.1, 0.15) is 26.8 Å². The fraction of sp³-hybridized carbons (Fsp3) is 0.182. The highest BCUT2D eigenvalue weighted by molar-refractivity contribution is 7.17. The van der Waals surface area contributed by atoms with E-state index in [1.807, 2.05) is 12.3 Å². The molecule has 0 saturated heterocycles. The number of aromatic carboxylic acids is 1. The van der Waals surface area contributed by atoms with Crippen LogP contribution in [-0.2, 0) is 6.42 Å². The Morgan fingerprint density at radius 2 is 2.44 bits per heavy atom. The van der Waals surface area contributed by atoms with E-state index in [4.69, 9.17) is 10.8 Å². The lowest BCUT2D eigenvalue weighted by Gasteiger charge is -2.18. The van der Waals surface area contributed by atoms with Gasteiger partial charge in [-0.05, 0) is 29.7 Å². The monoisotopic (exact) mass is 234 g/mol. The van der Waals surface area contributed by atoms with Crippen LogP contribution >= 0.6 is 11.3 Å². The Morgan fingerprint density at radius 1 is 1.62 bits per heavy atom. The molecule has 16 heavy (non-hydrogen) atoms. The third-order valence-electron chi connectivity index (χ3n) is 2.87. The highest BCUT2D eigenvalue weighted by atomic mass is 32.1. The molecule has 0 bridgehead atoms. The first-order valence-electron chi connectivity index (χ1n) is 4.96. The SMILES string of the molecule is NC1Cc2cc[nH]c2-c2sc(C(=O)O)cc21. The van der Waals surface area contributed by atoms with Crippen LogP contribution < -0.4 is 5.73 Å². The number of carboxylic acids is 1. The number of thiophene rings is 1. The summed E-state index contributed by atoms with van der Waals surface area (Å²) >= 11 is 1.28. The highest BCUT2D eigenvalue weighted by Gasteiger charge is 2.26. The van der Waals surface area contributed by atoms with Crippen LogP contribution in [0.4, 0.5) is 0 Å². The average Bonchev–Trinajstić information content (AvgIpc) is 2.80. The maximum atomic E-state index is 10.9. The van der Waals surface area contributed by atoms with E-state index in [-0.39, 0.29) is 6.04 Å².